The van der Waals surface area contributed by atoms with Crippen LogP contribution in [0.4, 0.5) is 5.13 Å². The highest BCUT2D eigenvalue weighted by molar-refractivity contribution is 7.22. The number of fused-ring (bicyclic) bond motifs is 1. The summed E-state index contributed by atoms with van der Waals surface area (Å²) in [4.78, 5) is 19.7. The molecule has 2 aliphatic carbocycles. The van der Waals surface area contributed by atoms with Gasteiger partial charge >= 0.3 is 0 Å². The standard InChI is InChI=1S/C19H24N4OS/c24-17(21-14-3-1-2-4-14)13-5-6-15-16(11-13)25-18(22-15)23-10-9-20-19(12-23)7-8-19/h5-6,11,14,20H,1-4,7-10,12H2,(H,21,24). The zero-order valence-electron chi connectivity index (χ0n) is 14.4. The van der Waals surface area contributed by atoms with Crippen LogP contribution in [0, 0.1) is 0 Å². The van der Waals surface area contributed by atoms with Crippen molar-refractivity contribution in [2.45, 2.75) is 50.1 Å². The van der Waals surface area contributed by atoms with Crippen molar-refractivity contribution < 1.29 is 4.79 Å². The maximum absolute atomic E-state index is 12.5. The summed E-state index contributed by atoms with van der Waals surface area (Å²) < 4.78 is 1.11. The Morgan fingerprint density at radius 3 is 2.96 bits per heavy atom. The third-order valence-corrected chi connectivity index (χ3v) is 6.91. The molecule has 1 aromatic heterocycles. The summed E-state index contributed by atoms with van der Waals surface area (Å²) in [6.45, 7) is 3.10. The molecule has 3 fully saturated rings. The highest BCUT2D eigenvalue weighted by atomic mass is 32.1. The van der Waals surface area contributed by atoms with Gasteiger partial charge in [-0.05, 0) is 43.9 Å². The molecular formula is C19H24N4OS. The van der Waals surface area contributed by atoms with Crippen LogP contribution in [0.2, 0.25) is 0 Å². The fourth-order valence-corrected chi connectivity index (χ4v) is 5.16. The summed E-state index contributed by atoms with van der Waals surface area (Å²) in [5.74, 6) is 0.0582. The fourth-order valence-electron chi connectivity index (χ4n) is 4.13. The number of nitrogens with zero attached hydrogens (tertiary/aromatic N) is 2. The highest BCUT2D eigenvalue weighted by Crippen LogP contribution is 2.40. The molecule has 1 aliphatic heterocycles. The molecule has 2 aromatic rings. The highest BCUT2D eigenvalue weighted by Gasteiger charge is 2.46. The average molecular weight is 356 g/mol. The van der Waals surface area contributed by atoms with Crippen LogP contribution in [0.3, 0.4) is 0 Å². The summed E-state index contributed by atoms with van der Waals surface area (Å²) in [5, 5.41) is 7.91. The Hall–Kier alpha value is -1.66. The maximum atomic E-state index is 12.5. The van der Waals surface area contributed by atoms with E-state index in [1.165, 1.54) is 25.7 Å². The fraction of sp³-hybridized carbons (Fsp3) is 0.579. The number of hydrogen-bond donors (Lipinski definition) is 2. The van der Waals surface area contributed by atoms with Crippen molar-refractivity contribution in [1.29, 1.82) is 0 Å². The van der Waals surface area contributed by atoms with Crippen LogP contribution in [0.25, 0.3) is 10.2 Å². The molecule has 25 heavy (non-hydrogen) atoms. The molecule has 3 aliphatic rings. The first-order valence-electron chi connectivity index (χ1n) is 9.42. The number of carbonyl (C=O) groups excluding carboxylic acids is 1. The Bertz CT molecular complexity index is 807. The second-order valence-electron chi connectivity index (χ2n) is 7.76. The van der Waals surface area contributed by atoms with Crippen LogP contribution >= 0.6 is 11.3 Å². The van der Waals surface area contributed by atoms with Gasteiger partial charge in [-0.3, -0.25) is 4.79 Å². The van der Waals surface area contributed by atoms with E-state index < -0.39 is 0 Å². The minimum absolute atomic E-state index is 0.0582. The van der Waals surface area contributed by atoms with E-state index in [9.17, 15) is 4.79 Å². The number of anilines is 1. The second-order valence-corrected chi connectivity index (χ2v) is 8.77. The molecule has 1 spiro atoms. The number of aromatic nitrogens is 1. The van der Waals surface area contributed by atoms with Gasteiger partial charge in [-0.25, -0.2) is 4.98 Å². The zero-order valence-corrected chi connectivity index (χ0v) is 15.2. The van der Waals surface area contributed by atoms with Crippen LogP contribution in [-0.4, -0.2) is 42.1 Å². The smallest absolute Gasteiger partial charge is 0.251 e. The predicted octanol–water partition coefficient (Wildman–Crippen LogP) is 2.91. The molecule has 132 valence electrons. The van der Waals surface area contributed by atoms with Crippen molar-refractivity contribution in [2.24, 2.45) is 0 Å². The number of nitrogens with one attached hydrogen (secondary N) is 2. The van der Waals surface area contributed by atoms with Crippen LogP contribution in [0.15, 0.2) is 18.2 Å². The van der Waals surface area contributed by atoms with Gasteiger partial charge in [0.2, 0.25) is 0 Å². The van der Waals surface area contributed by atoms with Gasteiger partial charge in [-0.1, -0.05) is 24.2 Å². The van der Waals surface area contributed by atoms with Gasteiger partial charge < -0.3 is 15.5 Å². The number of thiazole rings is 1. The Labute approximate surface area is 151 Å². The maximum Gasteiger partial charge on any atom is 0.251 e. The molecule has 0 radical (unpaired) electrons. The van der Waals surface area contributed by atoms with Crippen molar-refractivity contribution in [3.8, 4) is 0 Å². The van der Waals surface area contributed by atoms with E-state index in [0.29, 0.717) is 11.6 Å². The third kappa shape index (κ3) is 3.02. The molecule has 2 saturated carbocycles. The molecule has 1 saturated heterocycles. The first-order chi connectivity index (χ1) is 12.2. The van der Waals surface area contributed by atoms with Crippen molar-refractivity contribution >= 4 is 32.6 Å². The van der Waals surface area contributed by atoms with Gasteiger partial charge in [0.05, 0.1) is 10.2 Å². The molecule has 2 heterocycles. The molecule has 1 amide bonds. The average Bonchev–Trinajstić information content (AvgIpc) is 3.05. The van der Waals surface area contributed by atoms with Crippen molar-refractivity contribution in [3.05, 3.63) is 23.8 Å². The van der Waals surface area contributed by atoms with Gasteiger partial charge in [-0.2, -0.15) is 0 Å². The van der Waals surface area contributed by atoms with E-state index in [0.717, 1.165) is 53.4 Å². The number of piperazine rings is 1. The lowest BCUT2D eigenvalue weighted by Crippen LogP contribution is -2.52. The molecular weight excluding hydrogens is 332 g/mol. The summed E-state index contributed by atoms with van der Waals surface area (Å²) in [6, 6.07) is 6.27. The summed E-state index contributed by atoms with van der Waals surface area (Å²) in [5.41, 5.74) is 2.11. The molecule has 0 bridgehead atoms. The minimum Gasteiger partial charge on any atom is -0.349 e. The Morgan fingerprint density at radius 1 is 1.32 bits per heavy atom. The monoisotopic (exact) mass is 356 g/mol. The van der Waals surface area contributed by atoms with E-state index in [2.05, 4.69) is 15.5 Å². The van der Waals surface area contributed by atoms with Crippen molar-refractivity contribution in [1.82, 2.24) is 15.6 Å². The molecule has 0 atom stereocenters. The summed E-state index contributed by atoms with van der Waals surface area (Å²) >= 11 is 1.71. The largest absolute Gasteiger partial charge is 0.349 e. The Balaban J connectivity index is 1.36. The van der Waals surface area contributed by atoms with Gasteiger partial charge in [0.15, 0.2) is 5.13 Å². The molecule has 6 heteroatoms. The number of rotatable bonds is 3. The lowest BCUT2D eigenvalue weighted by Gasteiger charge is -2.33. The molecule has 2 N–H and O–H groups in total. The first-order valence-corrected chi connectivity index (χ1v) is 10.2. The van der Waals surface area contributed by atoms with E-state index >= 15 is 0 Å². The summed E-state index contributed by atoms with van der Waals surface area (Å²) in [6.07, 6.45) is 7.25. The van der Waals surface area contributed by atoms with Crippen LogP contribution < -0.4 is 15.5 Å². The van der Waals surface area contributed by atoms with Crippen LogP contribution in [-0.2, 0) is 0 Å². The Morgan fingerprint density at radius 2 is 2.16 bits per heavy atom. The molecule has 5 nitrogen and oxygen atoms in total. The zero-order chi connectivity index (χ0) is 16.9. The number of amides is 1. The quantitative estimate of drug-likeness (QED) is 0.888. The lowest BCUT2D eigenvalue weighted by molar-refractivity contribution is 0.0938. The first kappa shape index (κ1) is 15.6. The van der Waals surface area contributed by atoms with Crippen molar-refractivity contribution in [3.63, 3.8) is 0 Å². The SMILES string of the molecule is O=C(NC1CCCC1)c1ccc2nc(N3CCNC4(CC4)C3)sc2c1. The van der Waals surface area contributed by atoms with Crippen molar-refractivity contribution in [2.75, 3.05) is 24.5 Å². The molecule has 1 aromatic carbocycles. The number of carbonyl (C=O) groups is 1. The van der Waals surface area contributed by atoms with E-state index in [-0.39, 0.29) is 5.91 Å². The minimum atomic E-state index is 0.0582. The Kier molecular flexibility index (Phi) is 3.71. The number of hydrogen-bond acceptors (Lipinski definition) is 5. The van der Waals surface area contributed by atoms with Gasteiger partial charge in [-0.15, -0.1) is 0 Å². The third-order valence-electron chi connectivity index (χ3n) is 5.83. The van der Waals surface area contributed by atoms with Crippen LogP contribution in [0.5, 0.6) is 0 Å². The van der Waals surface area contributed by atoms with Gasteiger partial charge in [0.25, 0.3) is 5.91 Å². The van der Waals surface area contributed by atoms with E-state index in [1.54, 1.807) is 11.3 Å². The molecule has 0 unspecified atom stereocenters. The lowest BCUT2D eigenvalue weighted by atomic mass is 10.1. The number of benzene rings is 1. The topological polar surface area (TPSA) is 57.3 Å². The van der Waals surface area contributed by atoms with Gasteiger partial charge in [0, 0.05) is 36.8 Å². The van der Waals surface area contributed by atoms with Crippen LogP contribution in [0.1, 0.15) is 48.9 Å². The van der Waals surface area contributed by atoms with E-state index in [4.69, 9.17) is 4.98 Å². The van der Waals surface area contributed by atoms with Gasteiger partial charge in [0.1, 0.15) is 0 Å². The predicted molar refractivity (Wildman–Crippen MR) is 102 cm³/mol. The second kappa shape index (κ2) is 5.95. The molecule has 5 rings (SSSR count). The van der Waals surface area contributed by atoms with E-state index in [1.807, 2.05) is 18.2 Å². The normalized spacial score (nSPS) is 22.6. The summed E-state index contributed by atoms with van der Waals surface area (Å²) in [7, 11) is 0.